The molecule has 1 aromatic rings. The lowest BCUT2D eigenvalue weighted by molar-refractivity contribution is -0.115. The van der Waals surface area contributed by atoms with E-state index in [9.17, 15) is 0 Å². The summed E-state index contributed by atoms with van der Waals surface area (Å²) in [4.78, 5) is 0. The highest BCUT2D eigenvalue weighted by Gasteiger charge is 1.99. The third kappa shape index (κ3) is 7.51. The van der Waals surface area contributed by atoms with Gasteiger partial charge < -0.3 is 14.2 Å². The predicted octanol–water partition coefficient (Wildman–Crippen LogP) is 4.20. The molecule has 0 spiro atoms. The van der Waals surface area contributed by atoms with E-state index in [2.05, 4.69) is 19.1 Å². The summed E-state index contributed by atoms with van der Waals surface area (Å²) in [6.07, 6.45) is 6.21. The normalized spacial score (nSPS) is 12.3. The summed E-state index contributed by atoms with van der Waals surface area (Å²) in [7, 11) is 1.63. The quantitative estimate of drug-likeness (QED) is 0.449. The second-order valence-corrected chi connectivity index (χ2v) is 4.98. The predicted molar refractivity (Wildman–Crippen MR) is 82.2 cm³/mol. The summed E-state index contributed by atoms with van der Waals surface area (Å²) in [5.74, 6) is 0.899. The molecular weight excluding hydrogens is 252 g/mol. The number of aryl methyl sites for hydroxylation is 1. The van der Waals surface area contributed by atoms with Crippen molar-refractivity contribution < 1.29 is 14.2 Å². The molecule has 0 fully saturated rings. The average Bonchev–Trinajstić information content (AvgIpc) is 2.49. The Bertz CT molecular complexity index is 335. The summed E-state index contributed by atoms with van der Waals surface area (Å²) in [5, 5.41) is 0. The lowest BCUT2D eigenvalue weighted by Crippen LogP contribution is -2.15. The molecule has 20 heavy (non-hydrogen) atoms. The van der Waals surface area contributed by atoms with E-state index in [1.807, 2.05) is 19.1 Å². The van der Waals surface area contributed by atoms with Gasteiger partial charge in [0, 0.05) is 7.11 Å². The largest absolute Gasteiger partial charge is 0.491 e. The summed E-state index contributed by atoms with van der Waals surface area (Å²) in [6, 6.07) is 8.38. The van der Waals surface area contributed by atoms with Crippen LogP contribution in [0.1, 0.15) is 45.1 Å². The lowest BCUT2D eigenvalue weighted by atomic mass is 10.1. The van der Waals surface area contributed by atoms with E-state index in [1.54, 1.807) is 7.11 Å². The van der Waals surface area contributed by atoms with Gasteiger partial charge in [0.1, 0.15) is 12.4 Å². The van der Waals surface area contributed by atoms with Crippen molar-refractivity contribution >= 4 is 0 Å². The SMILES string of the molecule is CCCCCCc1ccc(OCCOC(C)OC)cc1. The summed E-state index contributed by atoms with van der Waals surface area (Å²) < 4.78 is 16.0. The molecule has 114 valence electrons. The minimum atomic E-state index is -0.177. The van der Waals surface area contributed by atoms with Crippen LogP contribution in [-0.2, 0) is 15.9 Å². The van der Waals surface area contributed by atoms with Gasteiger partial charge in [0.2, 0.25) is 0 Å². The Balaban J connectivity index is 2.18. The highest BCUT2D eigenvalue weighted by molar-refractivity contribution is 5.27. The Labute approximate surface area is 123 Å². The minimum absolute atomic E-state index is 0.177. The third-order valence-corrected chi connectivity index (χ3v) is 3.28. The molecule has 3 nitrogen and oxygen atoms in total. The molecular formula is C17H28O3. The van der Waals surface area contributed by atoms with Crippen molar-refractivity contribution in [3.8, 4) is 5.75 Å². The van der Waals surface area contributed by atoms with Crippen molar-refractivity contribution in [3.63, 3.8) is 0 Å². The minimum Gasteiger partial charge on any atom is -0.491 e. The molecule has 0 aliphatic heterocycles. The Morgan fingerprint density at radius 1 is 1.00 bits per heavy atom. The fourth-order valence-electron chi connectivity index (χ4n) is 1.95. The zero-order valence-corrected chi connectivity index (χ0v) is 13.1. The highest BCUT2D eigenvalue weighted by atomic mass is 16.7. The molecule has 0 saturated carbocycles. The van der Waals surface area contributed by atoms with Gasteiger partial charge in [0.15, 0.2) is 6.29 Å². The highest BCUT2D eigenvalue weighted by Crippen LogP contribution is 2.14. The Morgan fingerprint density at radius 2 is 1.75 bits per heavy atom. The Morgan fingerprint density at radius 3 is 2.40 bits per heavy atom. The maximum Gasteiger partial charge on any atom is 0.154 e. The fraction of sp³-hybridized carbons (Fsp3) is 0.647. The number of unbranched alkanes of at least 4 members (excludes halogenated alkanes) is 3. The monoisotopic (exact) mass is 280 g/mol. The standard InChI is InChI=1S/C17H28O3/c1-4-5-6-7-8-16-9-11-17(12-10-16)20-14-13-19-15(2)18-3/h9-12,15H,4-8,13-14H2,1-3H3. The van der Waals surface area contributed by atoms with E-state index >= 15 is 0 Å². The van der Waals surface area contributed by atoms with Gasteiger partial charge in [-0.25, -0.2) is 0 Å². The van der Waals surface area contributed by atoms with Crippen molar-refractivity contribution in [2.24, 2.45) is 0 Å². The van der Waals surface area contributed by atoms with E-state index in [0.29, 0.717) is 13.2 Å². The molecule has 0 aromatic heterocycles. The average molecular weight is 280 g/mol. The van der Waals surface area contributed by atoms with E-state index < -0.39 is 0 Å². The summed E-state index contributed by atoms with van der Waals surface area (Å²) >= 11 is 0. The molecule has 1 atom stereocenters. The summed E-state index contributed by atoms with van der Waals surface area (Å²) in [5.41, 5.74) is 1.39. The molecule has 1 rings (SSSR count). The van der Waals surface area contributed by atoms with Gasteiger partial charge in [-0.15, -0.1) is 0 Å². The number of methoxy groups -OCH3 is 1. The first-order chi connectivity index (χ1) is 9.76. The van der Waals surface area contributed by atoms with E-state index in [1.165, 1.54) is 31.2 Å². The fourth-order valence-corrected chi connectivity index (χ4v) is 1.95. The molecule has 1 aromatic carbocycles. The van der Waals surface area contributed by atoms with Crippen LogP contribution in [0.25, 0.3) is 0 Å². The van der Waals surface area contributed by atoms with Crippen molar-refractivity contribution in [2.75, 3.05) is 20.3 Å². The van der Waals surface area contributed by atoms with Crippen molar-refractivity contribution in [3.05, 3.63) is 29.8 Å². The number of rotatable bonds is 11. The molecule has 3 heteroatoms. The summed E-state index contributed by atoms with van der Waals surface area (Å²) in [6.45, 7) is 5.19. The smallest absolute Gasteiger partial charge is 0.154 e. The van der Waals surface area contributed by atoms with Gasteiger partial charge in [-0.05, 0) is 37.5 Å². The number of hydrogen-bond donors (Lipinski definition) is 0. The topological polar surface area (TPSA) is 27.7 Å². The maximum absolute atomic E-state index is 5.62. The molecule has 0 heterocycles. The lowest BCUT2D eigenvalue weighted by Gasteiger charge is -2.11. The first kappa shape index (κ1) is 17.0. The van der Waals surface area contributed by atoms with Crippen LogP contribution < -0.4 is 4.74 Å². The van der Waals surface area contributed by atoms with E-state index in [-0.39, 0.29) is 6.29 Å². The molecule has 0 aliphatic carbocycles. The van der Waals surface area contributed by atoms with E-state index in [0.717, 1.165) is 12.2 Å². The van der Waals surface area contributed by atoms with Crippen LogP contribution >= 0.6 is 0 Å². The molecule has 0 radical (unpaired) electrons. The zero-order chi connectivity index (χ0) is 14.6. The van der Waals surface area contributed by atoms with Gasteiger partial charge in [-0.3, -0.25) is 0 Å². The number of benzene rings is 1. The van der Waals surface area contributed by atoms with Gasteiger partial charge >= 0.3 is 0 Å². The first-order valence-electron chi connectivity index (χ1n) is 7.62. The van der Waals surface area contributed by atoms with Crippen LogP contribution in [0.5, 0.6) is 5.75 Å². The van der Waals surface area contributed by atoms with Crippen LogP contribution in [0.15, 0.2) is 24.3 Å². The van der Waals surface area contributed by atoms with Gasteiger partial charge in [-0.1, -0.05) is 38.3 Å². The van der Waals surface area contributed by atoms with Crippen LogP contribution in [0.3, 0.4) is 0 Å². The van der Waals surface area contributed by atoms with Gasteiger partial charge in [0.05, 0.1) is 6.61 Å². The molecule has 0 aliphatic rings. The third-order valence-electron chi connectivity index (χ3n) is 3.28. The first-order valence-corrected chi connectivity index (χ1v) is 7.62. The van der Waals surface area contributed by atoms with Gasteiger partial charge in [0.25, 0.3) is 0 Å². The van der Waals surface area contributed by atoms with Gasteiger partial charge in [-0.2, -0.15) is 0 Å². The molecule has 1 unspecified atom stereocenters. The van der Waals surface area contributed by atoms with Crippen LogP contribution in [0.2, 0.25) is 0 Å². The molecule has 0 bridgehead atoms. The molecule has 0 N–H and O–H groups in total. The van der Waals surface area contributed by atoms with Crippen LogP contribution in [0.4, 0.5) is 0 Å². The number of hydrogen-bond acceptors (Lipinski definition) is 3. The molecule has 0 amide bonds. The van der Waals surface area contributed by atoms with Crippen molar-refractivity contribution in [1.82, 2.24) is 0 Å². The van der Waals surface area contributed by atoms with Crippen LogP contribution in [-0.4, -0.2) is 26.6 Å². The zero-order valence-electron chi connectivity index (χ0n) is 13.1. The van der Waals surface area contributed by atoms with Crippen LogP contribution in [0, 0.1) is 0 Å². The Hall–Kier alpha value is -1.06. The van der Waals surface area contributed by atoms with Crippen molar-refractivity contribution in [2.45, 2.75) is 52.2 Å². The second kappa shape index (κ2) is 10.7. The van der Waals surface area contributed by atoms with Crippen molar-refractivity contribution in [1.29, 1.82) is 0 Å². The van der Waals surface area contributed by atoms with E-state index in [4.69, 9.17) is 14.2 Å². The second-order valence-electron chi connectivity index (χ2n) is 4.98. The molecule has 0 saturated heterocycles. The number of ether oxygens (including phenoxy) is 3. The maximum atomic E-state index is 5.62. The Kier molecular flexibility index (Phi) is 9.09.